The minimum atomic E-state index is -0.311. The molecule has 2 aliphatic heterocycles. The van der Waals surface area contributed by atoms with Gasteiger partial charge >= 0.3 is 0 Å². The van der Waals surface area contributed by atoms with Gasteiger partial charge in [-0.2, -0.15) is 0 Å². The third-order valence-electron chi connectivity index (χ3n) is 8.98. The lowest BCUT2D eigenvalue weighted by Gasteiger charge is -2.28. The number of nitrogens with two attached hydrogens (primary N) is 1. The van der Waals surface area contributed by atoms with Crippen molar-refractivity contribution in [3.05, 3.63) is 112 Å². The second-order valence-electron chi connectivity index (χ2n) is 12.5. The van der Waals surface area contributed by atoms with Gasteiger partial charge in [-0.05, 0) is 86.3 Å². The number of unbranched alkanes of at least 4 members (excludes halogenated alkanes) is 2. The van der Waals surface area contributed by atoms with Gasteiger partial charge in [0.25, 0.3) is 23.6 Å². The summed E-state index contributed by atoms with van der Waals surface area (Å²) in [6.45, 7) is 9.49. The maximum Gasteiger partial charge on any atom is 0.265 e. The van der Waals surface area contributed by atoms with Gasteiger partial charge in [-0.15, -0.1) is 0 Å². The Bertz CT molecular complexity index is 2050. The highest BCUT2D eigenvalue weighted by Crippen LogP contribution is 2.36. The summed E-state index contributed by atoms with van der Waals surface area (Å²) < 4.78 is 0. The molecule has 5 aromatic carbocycles. The fraction of sp³-hybridized carbons (Fsp3) is 0.250. The Labute approximate surface area is 280 Å². The second kappa shape index (κ2) is 13.3. The lowest BCUT2D eigenvalue weighted by molar-refractivity contribution is 0.0607. The van der Waals surface area contributed by atoms with Gasteiger partial charge in [0.15, 0.2) is 0 Å². The van der Waals surface area contributed by atoms with Crippen molar-refractivity contribution in [3.63, 3.8) is 0 Å². The van der Waals surface area contributed by atoms with Gasteiger partial charge in [-0.3, -0.25) is 24.1 Å². The number of benzene rings is 5. The van der Waals surface area contributed by atoms with Crippen LogP contribution in [0, 0.1) is 13.8 Å². The quantitative estimate of drug-likeness (QED) is 0.100. The van der Waals surface area contributed by atoms with Crippen molar-refractivity contribution >= 4 is 62.2 Å². The van der Waals surface area contributed by atoms with E-state index in [0.29, 0.717) is 45.6 Å². The molecule has 0 radical (unpaired) electrons. The van der Waals surface area contributed by atoms with E-state index in [1.165, 1.54) is 9.80 Å². The largest absolute Gasteiger partial charge is 0.398 e. The summed E-state index contributed by atoms with van der Waals surface area (Å²) in [4.78, 5) is 54.2. The van der Waals surface area contributed by atoms with Gasteiger partial charge in [0.1, 0.15) is 0 Å². The van der Waals surface area contributed by atoms with E-state index in [2.05, 4.69) is 19.2 Å². The van der Waals surface area contributed by atoms with Crippen molar-refractivity contribution < 1.29 is 19.2 Å². The molecular formula is C40H40N4O4. The Balaban J connectivity index is 0.000000167. The van der Waals surface area contributed by atoms with Crippen LogP contribution >= 0.6 is 0 Å². The molecule has 0 spiro atoms. The highest BCUT2D eigenvalue weighted by atomic mass is 16.2. The zero-order chi connectivity index (χ0) is 34.1. The van der Waals surface area contributed by atoms with Crippen molar-refractivity contribution in [2.45, 2.75) is 53.4 Å². The molecule has 0 saturated carbocycles. The summed E-state index contributed by atoms with van der Waals surface area (Å²) >= 11 is 0. The Morgan fingerprint density at radius 2 is 1.17 bits per heavy atom. The van der Waals surface area contributed by atoms with Crippen LogP contribution in [0.3, 0.4) is 0 Å². The van der Waals surface area contributed by atoms with Crippen molar-refractivity contribution in [3.8, 4) is 0 Å². The number of aryl methyl sites for hydroxylation is 2. The molecule has 5 aromatic rings. The van der Waals surface area contributed by atoms with E-state index < -0.39 is 0 Å². The molecule has 0 unspecified atom stereocenters. The summed E-state index contributed by atoms with van der Waals surface area (Å²) in [7, 11) is 0. The van der Waals surface area contributed by atoms with Crippen LogP contribution in [0.15, 0.2) is 78.9 Å². The molecule has 0 saturated heterocycles. The van der Waals surface area contributed by atoms with E-state index >= 15 is 0 Å². The number of imide groups is 2. The Kier molecular flexibility index (Phi) is 9.00. The minimum absolute atomic E-state index is 0.169. The van der Waals surface area contributed by atoms with E-state index in [1.54, 1.807) is 24.3 Å². The predicted octanol–water partition coefficient (Wildman–Crippen LogP) is 8.29. The van der Waals surface area contributed by atoms with E-state index in [9.17, 15) is 19.2 Å². The van der Waals surface area contributed by atoms with Crippen LogP contribution in [0.25, 0.3) is 21.5 Å². The second-order valence-corrected chi connectivity index (χ2v) is 12.5. The maximum atomic E-state index is 13.0. The molecule has 0 aromatic heterocycles. The van der Waals surface area contributed by atoms with Crippen LogP contribution in [0.5, 0.6) is 0 Å². The first-order valence-corrected chi connectivity index (χ1v) is 16.6. The van der Waals surface area contributed by atoms with Gasteiger partial charge in [-0.25, -0.2) is 4.90 Å². The van der Waals surface area contributed by atoms with E-state index in [-0.39, 0.29) is 23.6 Å². The standard InChI is InChI=1S/C20H16N2O2.C20H24N2O2/c1-11-8-12(2)10-13(9-11)22-19(23)15-5-3-4-14-17(21)7-6-16(18(14)15)20(22)24;1-3-5-12-21-17-11-10-16-18-14(17)8-7-9-15(18)19(23)22(20(16)24)13-6-4-2/h3-10H,21H2,1-2H3;7-11,21H,3-6,12-13H2,1-2H3. The smallest absolute Gasteiger partial charge is 0.265 e. The molecule has 0 bridgehead atoms. The number of hydrogen-bond donors (Lipinski definition) is 2. The first-order valence-electron chi connectivity index (χ1n) is 16.6. The molecule has 7 rings (SSSR count). The first kappa shape index (κ1) is 32.4. The molecule has 3 N–H and O–H groups in total. The predicted molar refractivity (Wildman–Crippen MR) is 193 cm³/mol. The topological polar surface area (TPSA) is 113 Å². The molecule has 48 heavy (non-hydrogen) atoms. The number of anilines is 3. The number of hydrogen-bond acceptors (Lipinski definition) is 6. The average Bonchev–Trinajstić information content (AvgIpc) is 3.07. The van der Waals surface area contributed by atoms with Crippen LogP contribution in [-0.2, 0) is 0 Å². The Morgan fingerprint density at radius 3 is 1.81 bits per heavy atom. The Morgan fingerprint density at radius 1 is 0.625 bits per heavy atom. The lowest BCUT2D eigenvalue weighted by atomic mass is 9.92. The number of nitrogens with one attached hydrogen (secondary N) is 1. The fourth-order valence-corrected chi connectivity index (χ4v) is 6.65. The monoisotopic (exact) mass is 640 g/mol. The summed E-state index contributed by atoms with van der Waals surface area (Å²) in [6.07, 6.45) is 4.00. The Hall–Kier alpha value is -5.50. The van der Waals surface area contributed by atoms with E-state index in [0.717, 1.165) is 65.2 Å². The highest BCUT2D eigenvalue weighted by molar-refractivity contribution is 6.36. The normalized spacial score (nSPS) is 13.7. The number of nitrogens with zero attached hydrogens (tertiary/aromatic N) is 2. The lowest BCUT2D eigenvalue weighted by Crippen LogP contribution is -2.40. The SMILES string of the molecule is CCCCNc1ccc2c3c(cccc13)C(=O)N(CCCC)C2=O.Cc1cc(C)cc(N2C(=O)c3cccc4c(N)ccc(c34)C2=O)c1. The van der Waals surface area contributed by atoms with Crippen LogP contribution in [0.1, 0.15) is 92.1 Å². The molecule has 244 valence electrons. The number of rotatable bonds is 8. The zero-order valence-corrected chi connectivity index (χ0v) is 27.9. The summed E-state index contributed by atoms with van der Waals surface area (Å²) in [5.41, 5.74) is 12.5. The minimum Gasteiger partial charge on any atom is -0.398 e. The van der Waals surface area contributed by atoms with E-state index in [1.807, 2.05) is 68.4 Å². The third-order valence-corrected chi connectivity index (χ3v) is 8.98. The van der Waals surface area contributed by atoms with Crippen LogP contribution < -0.4 is 16.0 Å². The summed E-state index contributed by atoms with van der Waals surface area (Å²) in [6, 6.07) is 24.0. The number of carbonyl (C=O) groups excluding carboxylic acids is 4. The molecule has 0 atom stereocenters. The molecule has 8 heteroatoms. The van der Waals surface area contributed by atoms with Gasteiger partial charge in [0.2, 0.25) is 0 Å². The summed E-state index contributed by atoms with van der Waals surface area (Å²) in [5.74, 6) is -0.961. The third kappa shape index (κ3) is 5.68. The van der Waals surface area contributed by atoms with Crippen molar-refractivity contribution in [1.29, 1.82) is 0 Å². The van der Waals surface area contributed by atoms with Gasteiger partial charge < -0.3 is 11.1 Å². The molecule has 2 heterocycles. The van der Waals surface area contributed by atoms with Crippen LogP contribution in [0.2, 0.25) is 0 Å². The molecule has 2 aliphatic rings. The van der Waals surface area contributed by atoms with Crippen molar-refractivity contribution in [2.24, 2.45) is 0 Å². The molecule has 0 aliphatic carbocycles. The van der Waals surface area contributed by atoms with E-state index in [4.69, 9.17) is 5.73 Å². The fourth-order valence-electron chi connectivity index (χ4n) is 6.65. The molecular weight excluding hydrogens is 600 g/mol. The van der Waals surface area contributed by atoms with Crippen LogP contribution in [-0.4, -0.2) is 41.6 Å². The highest BCUT2D eigenvalue weighted by Gasteiger charge is 2.35. The number of amides is 4. The van der Waals surface area contributed by atoms with Gasteiger partial charge in [-0.1, -0.05) is 57.0 Å². The van der Waals surface area contributed by atoms with Crippen molar-refractivity contribution in [2.75, 3.05) is 29.0 Å². The average molecular weight is 641 g/mol. The summed E-state index contributed by atoms with van der Waals surface area (Å²) in [5, 5.41) is 6.57. The van der Waals surface area contributed by atoms with Gasteiger partial charge in [0, 0.05) is 68.3 Å². The van der Waals surface area contributed by atoms with Gasteiger partial charge in [0.05, 0.1) is 5.69 Å². The molecule has 4 amide bonds. The first-order chi connectivity index (χ1) is 23.2. The number of nitrogen functional groups attached to an aromatic ring is 1. The number of carbonyl (C=O) groups is 4. The zero-order valence-electron chi connectivity index (χ0n) is 27.9. The molecule has 8 nitrogen and oxygen atoms in total. The maximum absolute atomic E-state index is 13.0. The van der Waals surface area contributed by atoms with Crippen LogP contribution in [0.4, 0.5) is 17.1 Å². The van der Waals surface area contributed by atoms with Crippen molar-refractivity contribution in [1.82, 2.24) is 4.90 Å². The molecule has 0 fully saturated rings.